The molecule has 2 rings (SSSR count). The molecule has 0 bridgehead atoms. The number of nitro benzene ring substituents is 1. The number of ether oxygens (including phenoxy) is 1. The summed E-state index contributed by atoms with van der Waals surface area (Å²) < 4.78 is 19.2. The van der Waals surface area contributed by atoms with Crippen molar-refractivity contribution in [2.24, 2.45) is 0 Å². The van der Waals surface area contributed by atoms with Crippen molar-refractivity contribution in [3.8, 4) is 5.75 Å². The Morgan fingerprint density at radius 2 is 2.00 bits per heavy atom. The van der Waals surface area contributed by atoms with Gasteiger partial charge in [0.25, 0.3) is 0 Å². The molecule has 0 aliphatic rings. The van der Waals surface area contributed by atoms with E-state index in [-0.39, 0.29) is 18.1 Å². The smallest absolute Gasteiger partial charge is 0.305 e. The van der Waals surface area contributed by atoms with Crippen LogP contribution in [0.3, 0.4) is 0 Å². The highest BCUT2D eigenvalue weighted by Crippen LogP contribution is 2.23. The average Bonchev–Trinajstić information content (AvgIpc) is 2.45. The van der Waals surface area contributed by atoms with Gasteiger partial charge in [0.1, 0.15) is 5.75 Å². The molecule has 0 amide bonds. The van der Waals surface area contributed by atoms with Crippen molar-refractivity contribution >= 4 is 27.4 Å². The summed E-state index contributed by atoms with van der Waals surface area (Å²) in [5.41, 5.74) is -0.195. The van der Waals surface area contributed by atoms with E-state index < -0.39 is 16.4 Å². The van der Waals surface area contributed by atoms with Crippen molar-refractivity contribution in [1.29, 1.82) is 0 Å². The van der Waals surface area contributed by atoms with E-state index in [0.717, 1.165) is 12.1 Å². The average molecular weight is 354 g/mol. The first-order valence-corrected chi connectivity index (χ1v) is 6.63. The number of halogens is 2. The van der Waals surface area contributed by atoms with E-state index in [4.69, 9.17) is 4.74 Å². The van der Waals surface area contributed by atoms with Crippen LogP contribution in [0.5, 0.6) is 5.75 Å². The van der Waals surface area contributed by atoms with Gasteiger partial charge in [-0.2, -0.15) is 4.39 Å². The zero-order valence-electron chi connectivity index (χ0n) is 10.6. The molecule has 0 heterocycles. The number of rotatable bonds is 5. The fraction of sp³-hybridized carbons (Fsp3) is 0.0714. The number of nitrogens with zero attached hydrogens (tertiary/aromatic N) is 1. The lowest BCUT2D eigenvalue weighted by molar-refractivity contribution is -0.387. The predicted molar refractivity (Wildman–Crippen MR) is 77.0 cm³/mol. The van der Waals surface area contributed by atoms with Crippen molar-refractivity contribution in [3.63, 3.8) is 0 Å². The monoisotopic (exact) mass is 353 g/mol. The molecule has 5 nitrogen and oxygen atoms in total. The second-order valence-corrected chi connectivity index (χ2v) is 4.92. The summed E-state index contributed by atoms with van der Waals surface area (Å²) in [7, 11) is 0. The second kappa shape index (κ2) is 6.45. The van der Waals surface area contributed by atoms with Crippen LogP contribution in [-0.2, 0) is 0 Å². The van der Waals surface area contributed by atoms with E-state index in [2.05, 4.69) is 15.9 Å². The van der Waals surface area contributed by atoms with Gasteiger partial charge in [0.05, 0.1) is 4.92 Å². The van der Waals surface area contributed by atoms with Crippen LogP contribution >= 0.6 is 15.9 Å². The zero-order valence-corrected chi connectivity index (χ0v) is 12.2. The summed E-state index contributed by atoms with van der Waals surface area (Å²) in [6, 6.07) is 9.95. The third-order valence-corrected chi connectivity index (χ3v) is 3.35. The number of Topliss-reactive ketones (excluding diaryl/α,β-unsaturated/α-hetero) is 1. The van der Waals surface area contributed by atoms with E-state index in [1.807, 2.05) is 0 Å². The normalized spacial score (nSPS) is 10.2. The summed E-state index contributed by atoms with van der Waals surface area (Å²) in [5, 5.41) is 10.5. The van der Waals surface area contributed by atoms with Crippen molar-refractivity contribution in [1.82, 2.24) is 0 Å². The van der Waals surface area contributed by atoms with Crippen LogP contribution in [0.2, 0.25) is 0 Å². The number of hydrogen-bond acceptors (Lipinski definition) is 4. The number of hydrogen-bond donors (Lipinski definition) is 0. The fourth-order valence-corrected chi connectivity index (χ4v) is 2.15. The molecule has 0 aliphatic heterocycles. The Labute approximate surface area is 127 Å². The minimum absolute atomic E-state index is 0.0542. The van der Waals surface area contributed by atoms with Crippen LogP contribution in [-0.4, -0.2) is 17.3 Å². The van der Waals surface area contributed by atoms with Gasteiger partial charge in [0, 0.05) is 22.2 Å². The van der Waals surface area contributed by atoms with Crippen LogP contribution in [0.1, 0.15) is 10.4 Å². The lowest BCUT2D eigenvalue weighted by Crippen LogP contribution is -2.12. The number of ketones is 1. The zero-order chi connectivity index (χ0) is 15.4. The van der Waals surface area contributed by atoms with Gasteiger partial charge in [0.2, 0.25) is 11.6 Å². The molecule has 0 spiro atoms. The van der Waals surface area contributed by atoms with Crippen LogP contribution in [0, 0.1) is 15.9 Å². The van der Waals surface area contributed by atoms with Gasteiger partial charge < -0.3 is 4.74 Å². The number of nitro groups is 1. The molecule has 0 saturated carbocycles. The number of carbonyl (C=O) groups is 1. The van der Waals surface area contributed by atoms with Crippen LogP contribution in [0.25, 0.3) is 0 Å². The topological polar surface area (TPSA) is 69.4 Å². The van der Waals surface area contributed by atoms with Crippen LogP contribution < -0.4 is 4.74 Å². The van der Waals surface area contributed by atoms with Crippen LogP contribution in [0.4, 0.5) is 10.1 Å². The SMILES string of the molecule is O=C(COc1ccc([N+](=O)[O-])c(F)c1)c1ccccc1Br. The Morgan fingerprint density at radius 3 is 2.62 bits per heavy atom. The summed E-state index contributed by atoms with van der Waals surface area (Å²) in [6.45, 7) is -0.292. The highest BCUT2D eigenvalue weighted by atomic mass is 79.9. The van der Waals surface area contributed by atoms with Crippen molar-refractivity contribution in [2.45, 2.75) is 0 Å². The van der Waals surface area contributed by atoms with Crippen molar-refractivity contribution in [2.75, 3.05) is 6.61 Å². The minimum Gasteiger partial charge on any atom is -0.485 e. The van der Waals surface area contributed by atoms with E-state index in [1.165, 1.54) is 6.07 Å². The van der Waals surface area contributed by atoms with E-state index in [0.29, 0.717) is 10.0 Å². The molecule has 0 radical (unpaired) electrons. The quantitative estimate of drug-likeness (QED) is 0.466. The fourth-order valence-electron chi connectivity index (χ4n) is 1.64. The Kier molecular flexibility index (Phi) is 4.64. The molecule has 2 aromatic carbocycles. The van der Waals surface area contributed by atoms with Gasteiger partial charge in [-0.15, -0.1) is 0 Å². The molecule has 0 fully saturated rings. The maximum atomic E-state index is 13.4. The minimum atomic E-state index is -1.01. The molecule has 2 aromatic rings. The first-order valence-electron chi connectivity index (χ1n) is 5.83. The Hall–Kier alpha value is -2.28. The first-order chi connectivity index (χ1) is 9.99. The lowest BCUT2D eigenvalue weighted by Gasteiger charge is -2.07. The molecule has 0 aromatic heterocycles. The molecule has 21 heavy (non-hydrogen) atoms. The maximum absolute atomic E-state index is 13.4. The number of carbonyl (C=O) groups excluding carboxylic acids is 1. The Bertz CT molecular complexity index is 705. The van der Waals surface area contributed by atoms with Gasteiger partial charge in [-0.3, -0.25) is 14.9 Å². The number of benzene rings is 2. The van der Waals surface area contributed by atoms with Crippen molar-refractivity contribution in [3.05, 3.63) is 68.4 Å². The summed E-state index contributed by atoms with van der Waals surface area (Å²) in [5.74, 6) is -1.24. The molecule has 0 N–H and O–H groups in total. The van der Waals surface area contributed by atoms with Gasteiger partial charge in [-0.05, 0) is 12.1 Å². The Balaban J connectivity index is 2.07. The summed E-state index contributed by atoms with van der Waals surface area (Å²) >= 11 is 3.25. The molecular formula is C14H9BrFNO4. The molecule has 0 unspecified atom stereocenters. The molecule has 0 aliphatic carbocycles. The Morgan fingerprint density at radius 1 is 1.29 bits per heavy atom. The van der Waals surface area contributed by atoms with Gasteiger partial charge in [-0.25, -0.2) is 0 Å². The largest absolute Gasteiger partial charge is 0.485 e. The van der Waals surface area contributed by atoms with Gasteiger partial charge in [0.15, 0.2) is 6.61 Å². The second-order valence-electron chi connectivity index (χ2n) is 4.06. The van der Waals surface area contributed by atoms with E-state index in [9.17, 15) is 19.3 Å². The standard InChI is InChI=1S/C14H9BrFNO4/c15-11-4-2-1-3-10(11)14(18)8-21-9-5-6-13(17(19)20)12(16)7-9/h1-7H,8H2. The van der Waals surface area contributed by atoms with Crippen molar-refractivity contribution < 1.29 is 18.8 Å². The lowest BCUT2D eigenvalue weighted by atomic mass is 10.1. The molecular weight excluding hydrogens is 345 g/mol. The van der Waals surface area contributed by atoms with Crippen LogP contribution in [0.15, 0.2) is 46.9 Å². The highest BCUT2D eigenvalue weighted by Gasteiger charge is 2.15. The third-order valence-electron chi connectivity index (χ3n) is 2.66. The van der Waals surface area contributed by atoms with Gasteiger partial charge in [-0.1, -0.05) is 34.1 Å². The third kappa shape index (κ3) is 3.63. The van der Waals surface area contributed by atoms with E-state index in [1.54, 1.807) is 24.3 Å². The summed E-state index contributed by atoms with van der Waals surface area (Å²) in [6.07, 6.45) is 0. The van der Waals surface area contributed by atoms with Gasteiger partial charge >= 0.3 is 5.69 Å². The predicted octanol–water partition coefficient (Wildman–Crippen LogP) is 3.76. The highest BCUT2D eigenvalue weighted by molar-refractivity contribution is 9.10. The summed E-state index contributed by atoms with van der Waals surface area (Å²) in [4.78, 5) is 21.6. The first kappa shape index (κ1) is 15.1. The molecule has 0 atom stereocenters. The molecule has 7 heteroatoms. The molecule has 108 valence electrons. The maximum Gasteiger partial charge on any atom is 0.305 e. The van der Waals surface area contributed by atoms with E-state index >= 15 is 0 Å². The molecule has 0 saturated heterocycles.